The first-order chi connectivity index (χ1) is 13.9. The van der Waals surface area contributed by atoms with Crippen molar-refractivity contribution < 1.29 is 22.7 Å². The van der Waals surface area contributed by atoms with Crippen LogP contribution in [0.1, 0.15) is 61.4 Å². The van der Waals surface area contributed by atoms with E-state index in [0.29, 0.717) is 29.8 Å². The Bertz CT molecular complexity index is 905. The van der Waals surface area contributed by atoms with Gasteiger partial charge >= 0.3 is 6.36 Å². The highest BCUT2D eigenvalue weighted by molar-refractivity contribution is 5.94. The summed E-state index contributed by atoms with van der Waals surface area (Å²) in [5.41, 5.74) is 1.58. The molecule has 1 amide bonds. The number of hydrogen-bond donors (Lipinski definition) is 0. The minimum absolute atomic E-state index is 0.0767. The molecule has 0 spiro atoms. The Balaban J connectivity index is 1.71. The first kappa shape index (κ1) is 22.1. The highest BCUT2D eigenvalue weighted by Gasteiger charge is 2.32. The van der Waals surface area contributed by atoms with Crippen LogP contribution >= 0.6 is 0 Å². The van der Waals surface area contributed by atoms with Crippen LogP contribution in [0.2, 0.25) is 0 Å². The van der Waals surface area contributed by atoms with E-state index in [1.807, 2.05) is 33.8 Å². The Kier molecular flexibility index (Phi) is 6.06. The number of benzene rings is 1. The lowest BCUT2D eigenvalue weighted by Crippen LogP contribution is -2.49. The van der Waals surface area contributed by atoms with Crippen molar-refractivity contribution in [2.24, 2.45) is 0 Å². The molecule has 0 saturated carbocycles. The second-order valence-electron chi connectivity index (χ2n) is 8.69. The van der Waals surface area contributed by atoms with Crippen LogP contribution in [-0.2, 0) is 18.3 Å². The fourth-order valence-corrected chi connectivity index (χ4v) is 3.27. The highest BCUT2D eigenvalue weighted by Crippen LogP contribution is 2.31. The van der Waals surface area contributed by atoms with E-state index in [1.165, 1.54) is 24.5 Å². The van der Waals surface area contributed by atoms with Crippen molar-refractivity contribution in [3.8, 4) is 5.75 Å². The Morgan fingerprint density at radius 3 is 2.30 bits per heavy atom. The van der Waals surface area contributed by atoms with Crippen molar-refractivity contribution in [3.05, 3.63) is 53.1 Å². The average molecular weight is 421 g/mol. The van der Waals surface area contributed by atoms with Crippen molar-refractivity contribution in [3.63, 3.8) is 0 Å². The molecule has 3 rings (SSSR count). The zero-order valence-electron chi connectivity index (χ0n) is 17.6. The molecule has 1 unspecified atom stereocenters. The van der Waals surface area contributed by atoms with E-state index in [9.17, 15) is 18.0 Å². The molecule has 1 aromatic carbocycles. The number of aryl methyl sites for hydroxylation is 2. The fourth-order valence-electron chi connectivity index (χ4n) is 3.27. The van der Waals surface area contributed by atoms with E-state index in [0.717, 1.165) is 18.5 Å². The normalized spacial score (nSPS) is 16.9. The number of nitrogens with zero attached hydrogens (tertiary/aromatic N) is 3. The monoisotopic (exact) mass is 421 g/mol. The molecule has 2 aromatic rings. The summed E-state index contributed by atoms with van der Waals surface area (Å²) < 4.78 is 42.2. The molecular weight excluding hydrogens is 395 g/mol. The molecular formula is C22H26F3N3O2. The molecule has 1 aliphatic rings. The van der Waals surface area contributed by atoms with Gasteiger partial charge in [-0.2, -0.15) is 0 Å². The van der Waals surface area contributed by atoms with E-state index in [-0.39, 0.29) is 23.1 Å². The number of carbonyl (C=O) groups is 1. The van der Waals surface area contributed by atoms with Crippen LogP contribution in [0.3, 0.4) is 0 Å². The van der Waals surface area contributed by atoms with E-state index in [4.69, 9.17) is 0 Å². The summed E-state index contributed by atoms with van der Waals surface area (Å²) in [5, 5.41) is 0. The van der Waals surface area contributed by atoms with Gasteiger partial charge in [0, 0.05) is 31.4 Å². The maximum absolute atomic E-state index is 12.7. The first-order valence-electron chi connectivity index (χ1n) is 9.94. The smallest absolute Gasteiger partial charge is 0.406 e. The van der Waals surface area contributed by atoms with Crippen LogP contribution in [0, 0.1) is 0 Å². The zero-order valence-corrected chi connectivity index (χ0v) is 17.6. The second kappa shape index (κ2) is 8.24. The molecule has 0 aliphatic carbocycles. The summed E-state index contributed by atoms with van der Waals surface area (Å²) in [6.45, 7) is 8.54. The van der Waals surface area contributed by atoms with Crippen LogP contribution in [0.5, 0.6) is 5.75 Å². The van der Waals surface area contributed by atoms with Crippen LogP contribution in [0.25, 0.3) is 0 Å². The minimum atomic E-state index is -4.74. The third-order valence-electron chi connectivity index (χ3n) is 5.24. The molecule has 1 aromatic heterocycles. The third kappa shape index (κ3) is 5.49. The standard InChI is InChI=1S/C22H26F3N3O2/c1-14-7-8-28(14)20(29)16-12-26-19(27-13-16)6-5-15-9-17(21(2,3)4)11-18(10-15)30-22(23,24)25/h9-14H,5-8H2,1-4H3. The molecule has 0 N–H and O–H groups in total. The molecule has 0 radical (unpaired) electrons. The van der Waals surface area contributed by atoms with Gasteiger partial charge in [0.05, 0.1) is 5.56 Å². The molecule has 8 heteroatoms. The van der Waals surface area contributed by atoms with E-state index >= 15 is 0 Å². The summed E-state index contributed by atoms with van der Waals surface area (Å²) in [6.07, 6.45) is 0.173. The minimum Gasteiger partial charge on any atom is -0.406 e. The van der Waals surface area contributed by atoms with Gasteiger partial charge < -0.3 is 9.64 Å². The summed E-state index contributed by atoms with van der Waals surface area (Å²) in [5.74, 6) is 0.227. The molecule has 1 aliphatic heterocycles. The topological polar surface area (TPSA) is 55.3 Å². The van der Waals surface area contributed by atoms with Gasteiger partial charge in [-0.05, 0) is 48.4 Å². The van der Waals surface area contributed by atoms with Crippen molar-refractivity contribution in [2.45, 2.75) is 64.8 Å². The van der Waals surface area contributed by atoms with Crippen LogP contribution in [0.15, 0.2) is 30.6 Å². The Morgan fingerprint density at radius 2 is 1.80 bits per heavy atom. The largest absolute Gasteiger partial charge is 0.573 e. The summed E-state index contributed by atoms with van der Waals surface area (Å²) in [6, 6.07) is 4.93. The van der Waals surface area contributed by atoms with Gasteiger partial charge in [-0.1, -0.05) is 26.8 Å². The first-order valence-corrected chi connectivity index (χ1v) is 9.94. The number of halogens is 3. The molecule has 1 atom stereocenters. The lowest BCUT2D eigenvalue weighted by Gasteiger charge is -2.38. The number of aromatic nitrogens is 2. The van der Waals surface area contributed by atoms with Gasteiger partial charge in [0.15, 0.2) is 0 Å². The molecule has 0 bridgehead atoms. The summed E-state index contributed by atoms with van der Waals surface area (Å²) in [7, 11) is 0. The van der Waals surface area contributed by atoms with E-state index in [2.05, 4.69) is 14.7 Å². The number of carbonyl (C=O) groups excluding carboxylic acids is 1. The van der Waals surface area contributed by atoms with Crippen LogP contribution < -0.4 is 4.74 Å². The number of rotatable bonds is 5. The Labute approximate surface area is 174 Å². The summed E-state index contributed by atoms with van der Waals surface area (Å²) >= 11 is 0. The molecule has 2 heterocycles. The number of likely N-dealkylation sites (tertiary alicyclic amines) is 1. The lowest BCUT2D eigenvalue weighted by molar-refractivity contribution is -0.274. The van der Waals surface area contributed by atoms with Crippen molar-refractivity contribution in [2.75, 3.05) is 6.54 Å². The number of hydrogen-bond acceptors (Lipinski definition) is 4. The van der Waals surface area contributed by atoms with E-state index < -0.39 is 6.36 Å². The summed E-state index contributed by atoms with van der Waals surface area (Å²) in [4.78, 5) is 22.7. The maximum atomic E-state index is 12.7. The molecule has 162 valence electrons. The predicted molar refractivity (Wildman–Crippen MR) is 106 cm³/mol. The van der Waals surface area contributed by atoms with Crippen LogP contribution in [0.4, 0.5) is 13.2 Å². The van der Waals surface area contributed by atoms with Crippen molar-refractivity contribution >= 4 is 5.91 Å². The molecule has 30 heavy (non-hydrogen) atoms. The zero-order chi connectivity index (χ0) is 22.1. The number of alkyl halides is 3. The fraction of sp³-hybridized carbons (Fsp3) is 0.500. The SMILES string of the molecule is CC1CCN1C(=O)c1cnc(CCc2cc(OC(F)(F)F)cc(C(C)(C)C)c2)nc1. The quantitative estimate of drug-likeness (QED) is 0.703. The van der Waals surface area contributed by atoms with Gasteiger partial charge in [-0.15, -0.1) is 13.2 Å². The third-order valence-corrected chi connectivity index (χ3v) is 5.24. The number of amides is 1. The Hall–Kier alpha value is -2.64. The maximum Gasteiger partial charge on any atom is 0.573 e. The van der Waals surface area contributed by atoms with Gasteiger partial charge in [0.2, 0.25) is 0 Å². The molecule has 1 fully saturated rings. The van der Waals surface area contributed by atoms with Gasteiger partial charge in [-0.3, -0.25) is 4.79 Å². The van der Waals surface area contributed by atoms with Crippen LogP contribution in [-0.4, -0.2) is 39.7 Å². The lowest BCUT2D eigenvalue weighted by atomic mass is 9.85. The molecule has 1 saturated heterocycles. The van der Waals surface area contributed by atoms with Crippen molar-refractivity contribution in [1.29, 1.82) is 0 Å². The van der Waals surface area contributed by atoms with Crippen molar-refractivity contribution in [1.82, 2.24) is 14.9 Å². The average Bonchev–Trinajstić information content (AvgIpc) is 2.63. The van der Waals surface area contributed by atoms with Gasteiger partial charge in [-0.25, -0.2) is 9.97 Å². The molecule has 5 nitrogen and oxygen atoms in total. The number of ether oxygens (including phenoxy) is 1. The predicted octanol–water partition coefficient (Wildman–Crippen LogP) is 4.69. The second-order valence-corrected chi connectivity index (χ2v) is 8.69. The highest BCUT2D eigenvalue weighted by atomic mass is 19.4. The van der Waals surface area contributed by atoms with Gasteiger partial charge in [0.1, 0.15) is 11.6 Å². The Morgan fingerprint density at radius 1 is 1.13 bits per heavy atom. The van der Waals surface area contributed by atoms with E-state index in [1.54, 1.807) is 4.90 Å². The van der Waals surface area contributed by atoms with Gasteiger partial charge in [0.25, 0.3) is 5.91 Å².